The van der Waals surface area contributed by atoms with Crippen LogP contribution in [-0.2, 0) is 9.53 Å². The Kier molecular flexibility index (Phi) is 1.83. The Morgan fingerprint density at radius 3 is 2.55 bits per heavy atom. The van der Waals surface area contributed by atoms with Gasteiger partial charge in [-0.15, -0.1) is 0 Å². The summed E-state index contributed by atoms with van der Waals surface area (Å²) in [7, 11) is 3.58. The predicted octanol–water partition coefficient (Wildman–Crippen LogP) is 0.645. The maximum absolute atomic E-state index is 11.2. The van der Waals surface area contributed by atoms with Crippen molar-refractivity contribution in [2.45, 2.75) is 6.23 Å². The Balaban J connectivity index is 2.72. The van der Waals surface area contributed by atoms with Crippen molar-refractivity contribution < 1.29 is 14.0 Å². The molecule has 0 fully saturated rings. The molecule has 0 spiro atoms. The van der Waals surface area contributed by atoms with Crippen molar-refractivity contribution in [2.75, 3.05) is 14.1 Å². The minimum Gasteiger partial charge on any atom is -0.446 e. The average molecular weight is 154 g/mol. The molecule has 3 heteroatoms. The van der Waals surface area contributed by atoms with Gasteiger partial charge in [0.05, 0.1) is 26.4 Å². The van der Waals surface area contributed by atoms with E-state index in [-0.39, 0.29) is 16.6 Å². The number of carbonyl (C=O) groups is 1. The molecule has 1 aliphatic heterocycles. The highest BCUT2D eigenvalue weighted by Crippen LogP contribution is 2.17. The van der Waals surface area contributed by atoms with Crippen molar-refractivity contribution in [3.63, 3.8) is 0 Å². The number of likely N-dealkylation sites (N-methyl/N-ethyl adjacent to an activating group) is 1. The molecule has 1 aliphatic rings. The average Bonchev–Trinajstić information content (AvgIpc) is 1.81. The normalized spacial score (nSPS) is 21.8. The molecule has 0 bridgehead atoms. The van der Waals surface area contributed by atoms with E-state index in [1.54, 1.807) is 20.4 Å². The summed E-state index contributed by atoms with van der Waals surface area (Å²) in [5.74, 6) is -0.0423. The number of rotatable bonds is 2. The molecule has 1 rings (SSSR count). The van der Waals surface area contributed by atoms with E-state index >= 15 is 0 Å². The molecular weight excluding hydrogens is 142 g/mol. The number of nitrogens with zero attached hydrogens (tertiary/aromatic N) is 1. The summed E-state index contributed by atoms with van der Waals surface area (Å²) in [5, 5.41) is 0. The minimum absolute atomic E-state index is 0.0423. The molecular formula is C8H12NO2+. The van der Waals surface area contributed by atoms with Crippen molar-refractivity contribution in [1.29, 1.82) is 0 Å². The SMILES string of the molecule is C=CC(=O)[N+](C)(C)C1C=CO1. The Morgan fingerprint density at radius 1 is 1.73 bits per heavy atom. The third-order valence-electron chi connectivity index (χ3n) is 1.84. The van der Waals surface area contributed by atoms with E-state index in [9.17, 15) is 4.79 Å². The van der Waals surface area contributed by atoms with Crippen LogP contribution in [0.25, 0.3) is 0 Å². The van der Waals surface area contributed by atoms with Crippen molar-refractivity contribution in [3.05, 3.63) is 25.0 Å². The van der Waals surface area contributed by atoms with Crippen molar-refractivity contribution in [2.24, 2.45) is 0 Å². The first-order chi connectivity index (χ1) is 5.09. The molecule has 60 valence electrons. The van der Waals surface area contributed by atoms with Crippen LogP contribution < -0.4 is 0 Å². The topological polar surface area (TPSA) is 26.3 Å². The van der Waals surface area contributed by atoms with Gasteiger partial charge in [0.1, 0.15) is 0 Å². The van der Waals surface area contributed by atoms with Crippen LogP contribution in [0.2, 0.25) is 0 Å². The van der Waals surface area contributed by atoms with Crippen molar-refractivity contribution in [1.82, 2.24) is 0 Å². The molecule has 1 heterocycles. The van der Waals surface area contributed by atoms with Crippen LogP contribution in [-0.4, -0.2) is 30.7 Å². The van der Waals surface area contributed by atoms with Crippen molar-refractivity contribution in [3.8, 4) is 0 Å². The van der Waals surface area contributed by atoms with Gasteiger partial charge in [-0.2, -0.15) is 0 Å². The van der Waals surface area contributed by atoms with Gasteiger partial charge in [0.25, 0.3) is 6.23 Å². The van der Waals surface area contributed by atoms with E-state index < -0.39 is 0 Å². The summed E-state index contributed by atoms with van der Waals surface area (Å²) in [6.07, 6.45) is 4.61. The molecule has 0 saturated carbocycles. The quantitative estimate of drug-likeness (QED) is 0.431. The number of carbonyl (C=O) groups excluding carboxylic acids is 1. The number of amides is 1. The summed E-state index contributed by atoms with van der Waals surface area (Å²) in [6, 6.07) is 0. The summed E-state index contributed by atoms with van der Waals surface area (Å²) in [4.78, 5) is 11.2. The first-order valence-electron chi connectivity index (χ1n) is 3.42. The number of quaternary nitrogens is 1. The van der Waals surface area contributed by atoms with Gasteiger partial charge in [0.15, 0.2) is 0 Å². The highest BCUT2D eigenvalue weighted by molar-refractivity contribution is 5.80. The zero-order chi connectivity index (χ0) is 8.48. The highest BCUT2D eigenvalue weighted by Gasteiger charge is 2.36. The lowest BCUT2D eigenvalue weighted by Gasteiger charge is -2.34. The van der Waals surface area contributed by atoms with Crippen LogP contribution >= 0.6 is 0 Å². The maximum Gasteiger partial charge on any atom is 0.340 e. The predicted molar refractivity (Wildman–Crippen MR) is 41.3 cm³/mol. The van der Waals surface area contributed by atoms with Gasteiger partial charge < -0.3 is 4.74 Å². The molecule has 0 aromatic carbocycles. The van der Waals surface area contributed by atoms with Crippen LogP contribution in [0.4, 0.5) is 0 Å². The largest absolute Gasteiger partial charge is 0.446 e. The second kappa shape index (κ2) is 2.51. The minimum atomic E-state index is -0.138. The Bertz CT molecular complexity index is 218. The second-order valence-corrected chi connectivity index (χ2v) is 2.94. The molecule has 1 unspecified atom stereocenters. The maximum atomic E-state index is 11.2. The first kappa shape index (κ1) is 8.01. The zero-order valence-electron chi connectivity index (χ0n) is 6.78. The fourth-order valence-electron chi connectivity index (χ4n) is 0.877. The molecule has 0 saturated heterocycles. The van der Waals surface area contributed by atoms with Gasteiger partial charge in [0, 0.05) is 6.08 Å². The molecule has 1 atom stereocenters. The van der Waals surface area contributed by atoms with Gasteiger partial charge in [-0.3, -0.25) is 0 Å². The fourth-order valence-corrected chi connectivity index (χ4v) is 0.877. The van der Waals surface area contributed by atoms with Crippen LogP contribution in [0.15, 0.2) is 25.0 Å². The van der Waals surface area contributed by atoms with Crippen LogP contribution in [0.5, 0.6) is 0 Å². The fraction of sp³-hybridized carbons (Fsp3) is 0.375. The summed E-state index contributed by atoms with van der Waals surface area (Å²) >= 11 is 0. The van der Waals surface area contributed by atoms with Gasteiger partial charge in [-0.25, -0.2) is 9.28 Å². The summed E-state index contributed by atoms with van der Waals surface area (Å²) < 4.78 is 5.22. The summed E-state index contributed by atoms with van der Waals surface area (Å²) in [5.41, 5.74) is 0. The molecule has 0 aromatic rings. The number of ether oxygens (including phenoxy) is 1. The van der Waals surface area contributed by atoms with Crippen LogP contribution in [0, 0.1) is 0 Å². The van der Waals surface area contributed by atoms with Crippen LogP contribution in [0.3, 0.4) is 0 Å². The monoisotopic (exact) mass is 154 g/mol. The van der Waals surface area contributed by atoms with E-state index in [0.717, 1.165) is 0 Å². The van der Waals surface area contributed by atoms with Gasteiger partial charge in [-0.05, 0) is 0 Å². The molecule has 0 N–H and O–H groups in total. The van der Waals surface area contributed by atoms with E-state index in [1.165, 1.54) is 6.08 Å². The molecule has 11 heavy (non-hydrogen) atoms. The van der Waals surface area contributed by atoms with Crippen LogP contribution in [0.1, 0.15) is 0 Å². The van der Waals surface area contributed by atoms with Gasteiger partial charge in [-0.1, -0.05) is 6.58 Å². The van der Waals surface area contributed by atoms with Gasteiger partial charge in [0.2, 0.25) is 0 Å². The highest BCUT2D eigenvalue weighted by atomic mass is 16.5. The van der Waals surface area contributed by atoms with E-state index in [4.69, 9.17) is 4.74 Å². The molecule has 0 aliphatic carbocycles. The number of hydrogen-bond acceptors (Lipinski definition) is 2. The molecule has 0 aromatic heterocycles. The third kappa shape index (κ3) is 1.19. The lowest BCUT2D eigenvalue weighted by Crippen LogP contribution is -2.54. The van der Waals surface area contributed by atoms with Crippen molar-refractivity contribution >= 4 is 5.91 Å². The molecule has 3 nitrogen and oxygen atoms in total. The number of hydrogen-bond donors (Lipinski definition) is 0. The Hall–Kier alpha value is -1.09. The third-order valence-corrected chi connectivity index (χ3v) is 1.84. The lowest BCUT2D eigenvalue weighted by molar-refractivity contribution is -0.858. The standard InChI is InChI=1S/C8H12NO2/c1-4-7(10)9(2,3)8-5-6-11-8/h4-6,8H,1H2,2-3H3/q+1. The molecule has 0 radical (unpaired) electrons. The Labute approximate surface area is 66.2 Å². The van der Waals surface area contributed by atoms with E-state index in [2.05, 4.69) is 6.58 Å². The zero-order valence-corrected chi connectivity index (χ0v) is 6.78. The van der Waals surface area contributed by atoms with E-state index in [0.29, 0.717) is 0 Å². The summed E-state index contributed by atoms with van der Waals surface area (Å²) in [6.45, 7) is 3.42. The van der Waals surface area contributed by atoms with E-state index in [1.807, 2.05) is 6.08 Å². The first-order valence-corrected chi connectivity index (χ1v) is 3.42. The Morgan fingerprint density at radius 2 is 2.27 bits per heavy atom. The smallest absolute Gasteiger partial charge is 0.340 e. The lowest BCUT2D eigenvalue weighted by atomic mass is 10.3. The van der Waals surface area contributed by atoms with Gasteiger partial charge >= 0.3 is 5.91 Å². The molecule has 1 amide bonds. The second-order valence-electron chi connectivity index (χ2n) is 2.94.